The van der Waals surface area contributed by atoms with Crippen LogP contribution in [0.15, 0.2) is 42.5 Å². The first-order valence-electron chi connectivity index (χ1n) is 5.37. The molecule has 0 radical (unpaired) electrons. The van der Waals surface area contributed by atoms with E-state index in [-0.39, 0.29) is 11.5 Å². The molecule has 0 aliphatic heterocycles. The van der Waals surface area contributed by atoms with E-state index >= 15 is 0 Å². The van der Waals surface area contributed by atoms with E-state index < -0.39 is 5.82 Å². The Balaban J connectivity index is 2.27. The summed E-state index contributed by atoms with van der Waals surface area (Å²) in [5.74, 6) is -0.842. The Hall–Kier alpha value is -1.94. The third kappa shape index (κ3) is 3.29. The minimum absolute atomic E-state index is 0.0963. The van der Waals surface area contributed by atoms with E-state index in [4.69, 9.17) is 5.26 Å². The van der Waals surface area contributed by atoms with Gasteiger partial charge in [-0.05, 0) is 59.0 Å². The molecule has 0 unspecified atom stereocenters. The highest BCUT2D eigenvalue weighted by Crippen LogP contribution is 2.17. The molecule has 0 atom stereocenters. The van der Waals surface area contributed by atoms with E-state index in [2.05, 4.69) is 27.9 Å². The van der Waals surface area contributed by atoms with E-state index in [1.165, 1.54) is 12.1 Å². The van der Waals surface area contributed by atoms with Gasteiger partial charge in [0.05, 0.1) is 11.3 Å². The van der Waals surface area contributed by atoms with E-state index in [1.807, 2.05) is 12.1 Å². The summed E-state index contributed by atoms with van der Waals surface area (Å²) in [4.78, 5) is 12.0. The van der Waals surface area contributed by atoms with Gasteiger partial charge in [0.2, 0.25) is 0 Å². The summed E-state index contributed by atoms with van der Waals surface area (Å²) in [6.07, 6.45) is 0. The second-order valence-electron chi connectivity index (χ2n) is 3.77. The predicted molar refractivity (Wildman–Crippen MR) is 78.2 cm³/mol. The Kier molecular flexibility index (Phi) is 4.12. The summed E-state index contributed by atoms with van der Waals surface area (Å²) in [6.45, 7) is 0. The van der Waals surface area contributed by atoms with Crippen LogP contribution in [0.4, 0.5) is 10.1 Å². The molecule has 1 amide bonds. The molecular formula is C14H8FIN2O. The number of anilines is 1. The number of halogens is 2. The first-order chi connectivity index (χ1) is 9.10. The molecule has 19 heavy (non-hydrogen) atoms. The molecule has 2 rings (SSSR count). The van der Waals surface area contributed by atoms with Gasteiger partial charge in [0.25, 0.3) is 5.91 Å². The first kappa shape index (κ1) is 13.5. The Labute approximate surface area is 123 Å². The number of amides is 1. The van der Waals surface area contributed by atoms with Gasteiger partial charge in [-0.3, -0.25) is 4.79 Å². The smallest absolute Gasteiger partial charge is 0.255 e. The SMILES string of the molecule is N#Cc1cc(F)ccc1NC(=O)c1cccc(I)c1. The summed E-state index contributed by atoms with van der Waals surface area (Å²) >= 11 is 2.11. The first-order valence-corrected chi connectivity index (χ1v) is 6.44. The normalized spacial score (nSPS) is 9.74. The minimum atomic E-state index is -0.510. The van der Waals surface area contributed by atoms with Crippen LogP contribution in [-0.2, 0) is 0 Å². The maximum atomic E-state index is 13.0. The van der Waals surface area contributed by atoms with Crippen molar-refractivity contribution in [1.29, 1.82) is 5.26 Å². The van der Waals surface area contributed by atoms with Gasteiger partial charge in [-0.2, -0.15) is 5.26 Å². The molecule has 0 aromatic heterocycles. The molecule has 2 aromatic rings. The van der Waals surface area contributed by atoms with Crippen LogP contribution < -0.4 is 5.32 Å². The van der Waals surface area contributed by atoms with Crippen LogP contribution in [-0.4, -0.2) is 5.91 Å². The topological polar surface area (TPSA) is 52.9 Å². The van der Waals surface area contributed by atoms with E-state index in [9.17, 15) is 9.18 Å². The summed E-state index contributed by atoms with van der Waals surface area (Å²) < 4.78 is 13.9. The zero-order valence-electron chi connectivity index (χ0n) is 9.65. The third-order valence-electron chi connectivity index (χ3n) is 2.44. The zero-order chi connectivity index (χ0) is 13.8. The standard InChI is InChI=1S/C14H8FIN2O/c15-11-4-5-13(10(6-11)8-17)18-14(19)9-2-1-3-12(16)7-9/h1-7H,(H,18,19). The van der Waals surface area contributed by atoms with Crippen molar-refractivity contribution < 1.29 is 9.18 Å². The molecule has 0 aliphatic carbocycles. The number of hydrogen-bond donors (Lipinski definition) is 1. The molecule has 94 valence electrons. The highest BCUT2D eigenvalue weighted by Gasteiger charge is 2.10. The van der Waals surface area contributed by atoms with Crippen LogP contribution in [0.1, 0.15) is 15.9 Å². The lowest BCUT2D eigenvalue weighted by Gasteiger charge is -2.07. The lowest BCUT2D eigenvalue weighted by molar-refractivity contribution is 0.102. The van der Waals surface area contributed by atoms with Gasteiger partial charge in [0, 0.05) is 9.13 Å². The third-order valence-corrected chi connectivity index (χ3v) is 3.11. The van der Waals surface area contributed by atoms with Gasteiger partial charge in [-0.25, -0.2) is 4.39 Å². The van der Waals surface area contributed by atoms with Gasteiger partial charge in [0.15, 0.2) is 0 Å². The number of hydrogen-bond acceptors (Lipinski definition) is 2. The number of nitriles is 1. The number of carbonyl (C=O) groups excluding carboxylic acids is 1. The molecule has 5 heteroatoms. The molecule has 0 saturated carbocycles. The minimum Gasteiger partial charge on any atom is -0.321 e. The summed E-state index contributed by atoms with van der Waals surface area (Å²) in [7, 11) is 0. The summed E-state index contributed by atoms with van der Waals surface area (Å²) in [5, 5.41) is 11.5. The van der Waals surface area contributed by atoms with Gasteiger partial charge in [-0.15, -0.1) is 0 Å². The second kappa shape index (κ2) is 5.80. The maximum absolute atomic E-state index is 13.0. The van der Waals surface area contributed by atoms with Gasteiger partial charge in [0.1, 0.15) is 11.9 Å². The van der Waals surface area contributed by atoms with Crippen LogP contribution in [0.25, 0.3) is 0 Å². The van der Waals surface area contributed by atoms with Gasteiger partial charge < -0.3 is 5.32 Å². The van der Waals surface area contributed by atoms with Crippen LogP contribution in [0, 0.1) is 20.7 Å². The molecule has 0 spiro atoms. The number of nitrogens with one attached hydrogen (secondary N) is 1. The van der Waals surface area contributed by atoms with Crippen LogP contribution in [0.3, 0.4) is 0 Å². The van der Waals surface area contributed by atoms with Crippen molar-refractivity contribution in [1.82, 2.24) is 0 Å². The second-order valence-corrected chi connectivity index (χ2v) is 5.01. The average Bonchev–Trinajstić information content (AvgIpc) is 2.40. The predicted octanol–water partition coefficient (Wildman–Crippen LogP) is 3.55. The average molecular weight is 366 g/mol. The van der Waals surface area contributed by atoms with Crippen molar-refractivity contribution in [3.05, 3.63) is 63.0 Å². The van der Waals surface area contributed by atoms with Crippen LogP contribution >= 0.6 is 22.6 Å². The number of nitrogens with zero attached hydrogens (tertiary/aromatic N) is 1. The molecule has 0 heterocycles. The van der Waals surface area contributed by atoms with Gasteiger partial charge >= 0.3 is 0 Å². The van der Waals surface area contributed by atoms with E-state index in [0.29, 0.717) is 11.3 Å². The van der Waals surface area contributed by atoms with Crippen molar-refractivity contribution >= 4 is 34.2 Å². The molecule has 0 aliphatic rings. The summed E-state index contributed by atoms with van der Waals surface area (Å²) in [6, 6.07) is 12.6. The van der Waals surface area contributed by atoms with E-state index in [1.54, 1.807) is 18.2 Å². The lowest BCUT2D eigenvalue weighted by Crippen LogP contribution is -2.13. The van der Waals surface area contributed by atoms with E-state index in [0.717, 1.165) is 9.64 Å². The highest BCUT2D eigenvalue weighted by atomic mass is 127. The molecular weight excluding hydrogens is 358 g/mol. The van der Waals surface area contributed by atoms with Crippen molar-refractivity contribution in [2.45, 2.75) is 0 Å². The molecule has 0 saturated heterocycles. The van der Waals surface area contributed by atoms with Crippen molar-refractivity contribution in [3.63, 3.8) is 0 Å². The van der Waals surface area contributed by atoms with Crippen LogP contribution in [0.2, 0.25) is 0 Å². The zero-order valence-corrected chi connectivity index (χ0v) is 11.8. The summed E-state index contributed by atoms with van der Waals surface area (Å²) in [5.41, 5.74) is 0.881. The van der Waals surface area contributed by atoms with Gasteiger partial charge in [-0.1, -0.05) is 6.07 Å². The molecule has 3 nitrogen and oxygen atoms in total. The number of benzene rings is 2. The van der Waals surface area contributed by atoms with Crippen molar-refractivity contribution in [2.75, 3.05) is 5.32 Å². The van der Waals surface area contributed by atoms with Crippen LogP contribution in [0.5, 0.6) is 0 Å². The quantitative estimate of drug-likeness (QED) is 0.827. The fourth-order valence-corrected chi connectivity index (χ4v) is 2.09. The molecule has 1 N–H and O–H groups in total. The van der Waals surface area contributed by atoms with Crippen molar-refractivity contribution in [3.8, 4) is 6.07 Å². The lowest BCUT2D eigenvalue weighted by atomic mass is 10.1. The number of carbonyl (C=O) groups is 1. The molecule has 0 bridgehead atoms. The highest BCUT2D eigenvalue weighted by molar-refractivity contribution is 14.1. The maximum Gasteiger partial charge on any atom is 0.255 e. The Morgan fingerprint density at radius 2 is 2.05 bits per heavy atom. The fraction of sp³-hybridized carbons (Fsp3) is 0. The molecule has 2 aromatic carbocycles. The monoisotopic (exact) mass is 366 g/mol. The fourth-order valence-electron chi connectivity index (χ4n) is 1.54. The Morgan fingerprint density at radius 1 is 1.26 bits per heavy atom. The Bertz CT molecular complexity index is 679. The Morgan fingerprint density at radius 3 is 2.74 bits per heavy atom. The largest absolute Gasteiger partial charge is 0.321 e. The molecule has 0 fully saturated rings. The van der Waals surface area contributed by atoms with Crippen molar-refractivity contribution in [2.24, 2.45) is 0 Å². The number of rotatable bonds is 2.